The maximum Gasteiger partial charge on any atom is 0.220 e. The van der Waals surface area contributed by atoms with Crippen molar-refractivity contribution in [3.05, 3.63) is 53.7 Å². The van der Waals surface area contributed by atoms with Gasteiger partial charge < -0.3 is 14.9 Å². The summed E-state index contributed by atoms with van der Waals surface area (Å²) in [6, 6.07) is 8.22. The molecule has 1 aromatic carbocycles. The summed E-state index contributed by atoms with van der Waals surface area (Å²) in [5, 5.41) is 4.27. The molecule has 1 aliphatic rings. The number of nitrogens with one attached hydrogen (secondary N) is 2. The van der Waals surface area contributed by atoms with E-state index in [9.17, 15) is 4.79 Å². The monoisotopic (exact) mass is 350 g/mol. The van der Waals surface area contributed by atoms with Crippen LogP contribution < -0.4 is 5.32 Å². The Bertz CT molecular complexity index is 904. The molecule has 0 saturated heterocycles. The van der Waals surface area contributed by atoms with Crippen LogP contribution in [0.2, 0.25) is 0 Å². The highest BCUT2D eigenvalue weighted by Crippen LogP contribution is 2.35. The second-order valence-corrected chi connectivity index (χ2v) is 7.25. The van der Waals surface area contributed by atoms with Crippen LogP contribution >= 0.6 is 0 Å². The first-order chi connectivity index (χ1) is 12.7. The molecule has 0 bridgehead atoms. The van der Waals surface area contributed by atoms with Crippen LogP contribution in [0.25, 0.3) is 10.9 Å². The summed E-state index contributed by atoms with van der Waals surface area (Å²) in [6.45, 7) is 3.55. The first-order valence-corrected chi connectivity index (χ1v) is 9.56. The van der Waals surface area contributed by atoms with E-state index in [1.54, 1.807) is 0 Å². The first kappa shape index (κ1) is 16.9. The van der Waals surface area contributed by atoms with Crippen LogP contribution in [-0.4, -0.2) is 27.0 Å². The molecule has 1 saturated carbocycles. The second kappa shape index (κ2) is 7.36. The summed E-state index contributed by atoms with van der Waals surface area (Å²) in [5.74, 6) is 1.92. The number of benzene rings is 1. The minimum Gasteiger partial charge on any atom is -0.361 e. The van der Waals surface area contributed by atoms with Crippen molar-refractivity contribution >= 4 is 16.8 Å². The number of carbonyl (C=O) groups excluding carboxylic acids is 1. The Kier molecular flexibility index (Phi) is 4.78. The number of carbonyl (C=O) groups is 1. The molecule has 26 heavy (non-hydrogen) atoms. The molecule has 2 N–H and O–H groups in total. The van der Waals surface area contributed by atoms with Crippen LogP contribution in [0.3, 0.4) is 0 Å². The number of hydrogen-bond donors (Lipinski definition) is 2. The lowest BCUT2D eigenvalue weighted by Crippen LogP contribution is -2.28. The average Bonchev–Trinajstić information content (AvgIpc) is 3.17. The Morgan fingerprint density at radius 1 is 1.35 bits per heavy atom. The van der Waals surface area contributed by atoms with Gasteiger partial charge in [-0.05, 0) is 37.8 Å². The number of nitrogens with zero attached hydrogens (tertiary/aromatic N) is 2. The molecule has 5 heteroatoms. The molecule has 0 unspecified atom stereocenters. The van der Waals surface area contributed by atoms with Gasteiger partial charge in [0.1, 0.15) is 5.82 Å². The van der Waals surface area contributed by atoms with Crippen LogP contribution in [0.4, 0.5) is 0 Å². The quantitative estimate of drug-likeness (QED) is 0.683. The number of aromatic amines is 1. The molecule has 2 aromatic heterocycles. The van der Waals surface area contributed by atoms with Gasteiger partial charge in [-0.3, -0.25) is 4.79 Å². The zero-order valence-electron chi connectivity index (χ0n) is 15.3. The Labute approximate surface area is 153 Å². The molecular formula is C21H26N4O. The van der Waals surface area contributed by atoms with Crippen LogP contribution in [0, 0.1) is 6.92 Å². The van der Waals surface area contributed by atoms with E-state index in [2.05, 4.69) is 38.9 Å². The van der Waals surface area contributed by atoms with E-state index in [1.165, 1.54) is 41.7 Å². The lowest BCUT2D eigenvalue weighted by atomic mass is 9.85. The van der Waals surface area contributed by atoms with Gasteiger partial charge >= 0.3 is 0 Å². The highest BCUT2D eigenvalue weighted by molar-refractivity contribution is 5.84. The number of hydrogen-bond acceptors (Lipinski definition) is 2. The number of amides is 1. The lowest BCUT2D eigenvalue weighted by molar-refractivity contribution is -0.121. The van der Waals surface area contributed by atoms with Crippen LogP contribution in [0.15, 0.2) is 36.7 Å². The third-order valence-corrected chi connectivity index (χ3v) is 5.51. The van der Waals surface area contributed by atoms with E-state index in [0.29, 0.717) is 18.9 Å². The Hall–Kier alpha value is -2.56. The highest BCUT2D eigenvalue weighted by Gasteiger charge is 2.24. The van der Waals surface area contributed by atoms with Crippen LogP contribution in [0.5, 0.6) is 0 Å². The summed E-state index contributed by atoms with van der Waals surface area (Å²) in [7, 11) is 0. The van der Waals surface area contributed by atoms with Crippen molar-refractivity contribution in [3.8, 4) is 0 Å². The van der Waals surface area contributed by atoms with E-state index < -0.39 is 0 Å². The summed E-state index contributed by atoms with van der Waals surface area (Å²) in [6.07, 6.45) is 9.03. The van der Waals surface area contributed by atoms with Gasteiger partial charge in [0.2, 0.25) is 5.91 Å². The van der Waals surface area contributed by atoms with Crippen LogP contribution in [0.1, 0.15) is 48.7 Å². The molecule has 4 rings (SSSR count). The van der Waals surface area contributed by atoms with Gasteiger partial charge in [-0.2, -0.15) is 0 Å². The Morgan fingerprint density at radius 3 is 3.00 bits per heavy atom. The van der Waals surface area contributed by atoms with Crippen molar-refractivity contribution in [1.82, 2.24) is 19.9 Å². The third kappa shape index (κ3) is 3.39. The molecule has 0 radical (unpaired) electrons. The summed E-state index contributed by atoms with van der Waals surface area (Å²) in [5.41, 5.74) is 3.51. The predicted octanol–water partition coefficient (Wildman–Crippen LogP) is 3.69. The molecule has 1 fully saturated rings. The lowest BCUT2D eigenvalue weighted by Gasteiger charge is -2.26. The fraction of sp³-hybridized carbons (Fsp3) is 0.429. The molecule has 136 valence electrons. The number of rotatable bonds is 7. The largest absolute Gasteiger partial charge is 0.361 e. The van der Waals surface area contributed by atoms with Gasteiger partial charge in [-0.15, -0.1) is 0 Å². The smallest absolute Gasteiger partial charge is 0.220 e. The molecule has 0 atom stereocenters. The predicted molar refractivity (Wildman–Crippen MR) is 103 cm³/mol. The van der Waals surface area contributed by atoms with Crippen molar-refractivity contribution in [3.63, 3.8) is 0 Å². The van der Waals surface area contributed by atoms with Gasteiger partial charge in [0.25, 0.3) is 0 Å². The average molecular weight is 350 g/mol. The number of para-hydroxylation sites is 1. The van der Waals surface area contributed by atoms with Crippen molar-refractivity contribution in [1.29, 1.82) is 0 Å². The van der Waals surface area contributed by atoms with Gasteiger partial charge in [0, 0.05) is 54.4 Å². The van der Waals surface area contributed by atoms with E-state index in [4.69, 9.17) is 0 Å². The molecule has 0 spiro atoms. The van der Waals surface area contributed by atoms with Gasteiger partial charge in [-0.1, -0.05) is 24.6 Å². The number of imidazole rings is 1. The fourth-order valence-electron chi connectivity index (χ4n) is 3.74. The van der Waals surface area contributed by atoms with Crippen molar-refractivity contribution in [2.45, 2.75) is 51.5 Å². The molecule has 3 aromatic rings. The fourth-order valence-corrected chi connectivity index (χ4v) is 3.74. The zero-order valence-corrected chi connectivity index (χ0v) is 15.3. The molecule has 1 amide bonds. The van der Waals surface area contributed by atoms with Gasteiger partial charge in [0.05, 0.1) is 0 Å². The SMILES string of the molecule is Cc1cnc(C2CCC2)n1CCNC(=O)CCc1c[nH]c2ccccc12. The number of aryl methyl sites for hydroxylation is 2. The highest BCUT2D eigenvalue weighted by atomic mass is 16.1. The molecule has 2 heterocycles. The minimum absolute atomic E-state index is 0.109. The molecular weight excluding hydrogens is 324 g/mol. The summed E-state index contributed by atoms with van der Waals surface area (Å²) in [4.78, 5) is 20.1. The minimum atomic E-state index is 0.109. The van der Waals surface area contributed by atoms with E-state index in [1.807, 2.05) is 24.5 Å². The van der Waals surface area contributed by atoms with Crippen molar-refractivity contribution in [2.75, 3.05) is 6.54 Å². The van der Waals surface area contributed by atoms with Gasteiger partial charge in [0.15, 0.2) is 0 Å². The summed E-state index contributed by atoms with van der Waals surface area (Å²) < 4.78 is 2.27. The third-order valence-electron chi connectivity index (χ3n) is 5.51. The molecule has 0 aliphatic heterocycles. The Balaban J connectivity index is 1.28. The number of aromatic nitrogens is 3. The number of fused-ring (bicyclic) bond motifs is 1. The maximum atomic E-state index is 12.2. The number of H-pyrrole nitrogens is 1. The molecule has 1 aliphatic carbocycles. The standard InChI is InChI=1S/C21H26N4O/c1-15-13-24-21(16-5-4-6-16)25(15)12-11-22-20(26)10-9-17-14-23-19-8-3-2-7-18(17)19/h2-3,7-8,13-14,16,23H,4-6,9-12H2,1H3,(H,22,26). The topological polar surface area (TPSA) is 62.7 Å². The normalized spacial score (nSPS) is 14.5. The van der Waals surface area contributed by atoms with Crippen molar-refractivity contribution in [2.24, 2.45) is 0 Å². The summed E-state index contributed by atoms with van der Waals surface area (Å²) >= 11 is 0. The zero-order chi connectivity index (χ0) is 17.9. The van der Waals surface area contributed by atoms with E-state index in [0.717, 1.165) is 18.5 Å². The first-order valence-electron chi connectivity index (χ1n) is 9.56. The van der Waals surface area contributed by atoms with E-state index in [-0.39, 0.29) is 5.91 Å². The molecule has 5 nitrogen and oxygen atoms in total. The van der Waals surface area contributed by atoms with Gasteiger partial charge in [-0.25, -0.2) is 4.98 Å². The Morgan fingerprint density at radius 2 is 2.19 bits per heavy atom. The van der Waals surface area contributed by atoms with Crippen LogP contribution in [-0.2, 0) is 17.8 Å². The second-order valence-electron chi connectivity index (χ2n) is 7.25. The maximum absolute atomic E-state index is 12.2. The van der Waals surface area contributed by atoms with E-state index >= 15 is 0 Å². The van der Waals surface area contributed by atoms with Crippen molar-refractivity contribution < 1.29 is 4.79 Å².